The summed E-state index contributed by atoms with van der Waals surface area (Å²) in [6.45, 7) is 0.471. The molecule has 4 atom stereocenters. The maximum Gasteiger partial charge on any atom is 0.330 e. The molecule has 1 fully saturated rings. The Labute approximate surface area is 135 Å². The van der Waals surface area contributed by atoms with Crippen LogP contribution in [0.3, 0.4) is 0 Å². The Hall–Kier alpha value is -2.14. The van der Waals surface area contributed by atoms with Crippen molar-refractivity contribution in [3.63, 3.8) is 0 Å². The first-order valence-corrected chi connectivity index (χ1v) is 7.22. The second-order valence-electron chi connectivity index (χ2n) is 5.61. The Bertz CT molecular complexity index is 754. The highest BCUT2D eigenvalue weighted by Gasteiger charge is 2.60. The highest BCUT2D eigenvalue weighted by Crippen LogP contribution is 2.38. The number of carbonyl (C=O) groups is 2. The normalized spacial score (nSPS) is 29.6. The number of Topliss-reactive ketones (excluding diaryl/α,β-unsaturated/α-hetero) is 2. The maximum atomic E-state index is 12.3. The largest absolute Gasteiger partial charge is 0.394 e. The lowest BCUT2D eigenvalue weighted by Gasteiger charge is -2.28. The van der Waals surface area contributed by atoms with Gasteiger partial charge in [0.1, 0.15) is 18.0 Å². The molecular weight excluding hydrogens is 324 g/mol. The van der Waals surface area contributed by atoms with Gasteiger partial charge in [-0.3, -0.25) is 19.1 Å². The molecule has 1 aliphatic rings. The van der Waals surface area contributed by atoms with E-state index in [1.165, 1.54) is 6.92 Å². The summed E-state index contributed by atoms with van der Waals surface area (Å²) < 4.78 is 6.05. The minimum atomic E-state index is -2.48. The van der Waals surface area contributed by atoms with E-state index in [0.29, 0.717) is 0 Å². The molecule has 1 aromatic rings. The van der Waals surface area contributed by atoms with Gasteiger partial charge < -0.3 is 24.9 Å². The third kappa shape index (κ3) is 3.08. The molecule has 2 rings (SSSR count). The van der Waals surface area contributed by atoms with Crippen LogP contribution in [0.5, 0.6) is 0 Å². The Kier molecular flexibility index (Phi) is 5.13. The number of nitrogens with one attached hydrogen (secondary N) is 1. The number of hydrogen-bond acceptors (Lipinski definition) is 8. The number of ether oxygens (including phenoxy) is 1. The molecule has 4 N–H and O–H groups in total. The van der Waals surface area contributed by atoms with Crippen molar-refractivity contribution in [3.8, 4) is 0 Å². The van der Waals surface area contributed by atoms with E-state index in [9.17, 15) is 34.5 Å². The lowest BCUT2D eigenvalue weighted by molar-refractivity contribution is -0.155. The van der Waals surface area contributed by atoms with Gasteiger partial charge in [0, 0.05) is 25.1 Å². The van der Waals surface area contributed by atoms with E-state index in [1.807, 2.05) is 4.98 Å². The van der Waals surface area contributed by atoms with Gasteiger partial charge in [-0.05, 0) is 6.92 Å². The second kappa shape index (κ2) is 6.77. The molecule has 10 nitrogen and oxygen atoms in total. The molecule has 0 saturated carbocycles. The van der Waals surface area contributed by atoms with Crippen LogP contribution in [0.2, 0.25) is 0 Å². The maximum absolute atomic E-state index is 12.3. The zero-order valence-electron chi connectivity index (χ0n) is 12.8. The van der Waals surface area contributed by atoms with E-state index >= 15 is 0 Å². The highest BCUT2D eigenvalue weighted by atomic mass is 16.6. The third-order valence-corrected chi connectivity index (χ3v) is 3.96. The first-order chi connectivity index (χ1) is 11.2. The molecule has 10 heteroatoms. The fraction of sp³-hybridized carbons (Fsp3) is 0.571. The van der Waals surface area contributed by atoms with E-state index in [4.69, 9.17) is 4.74 Å². The van der Waals surface area contributed by atoms with E-state index in [-0.39, 0.29) is 18.6 Å². The Morgan fingerprint density at radius 3 is 2.58 bits per heavy atom. The minimum Gasteiger partial charge on any atom is -0.394 e. The number of carbonyl (C=O) groups excluding carboxylic acids is 2. The van der Waals surface area contributed by atoms with Crippen LogP contribution in [0.15, 0.2) is 21.9 Å². The quantitative estimate of drug-likeness (QED) is 0.440. The van der Waals surface area contributed by atoms with E-state index < -0.39 is 47.7 Å². The van der Waals surface area contributed by atoms with Crippen molar-refractivity contribution >= 4 is 11.6 Å². The molecule has 2 heterocycles. The van der Waals surface area contributed by atoms with Crippen LogP contribution in [-0.4, -0.2) is 60.9 Å². The fourth-order valence-electron chi connectivity index (χ4n) is 2.62. The summed E-state index contributed by atoms with van der Waals surface area (Å²) in [6.07, 6.45) is -4.31. The number of aromatic amines is 1. The van der Waals surface area contributed by atoms with E-state index in [1.54, 1.807) is 0 Å². The fourth-order valence-corrected chi connectivity index (χ4v) is 2.62. The van der Waals surface area contributed by atoms with Gasteiger partial charge in [0.15, 0.2) is 17.6 Å². The molecule has 1 aliphatic heterocycles. The van der Waals surface area contributed by atoms with Crippen LogP contribution in [0.1, 0.15) is 26.0 Å². The molecule has 0 unspecified atom stereocenters. The summed E-state index contributed by atoms with van der Waals surface area (Å²) in [5.74, 6) is -1.17. The van der Waals surface area contributed by atoms with Gasteiger partial charge in [0.2, 0.25) is 0 Å². The highest BCUT2D eigenvalue weighted by molar-refractivity contribution is 5.92. The first-order valence-electron chi connectivity index (χ1n) is 7.22. The number of hydrogen-bond donors (Lipinski definition) is 4. The van der Waals surface area contributed by atoms with Crippen molar-refractivity contribution in [2.75, 3.05) is 6.61 Å². The number of H-pyrrole nitrogens is 1. The van der Waals surface area contributed by atoms with Crippen LogP contribution in [0, 0.1) is 0 Å². The number of ketones is 2. The van der Waals surface area contributed by atoms with Crippen molar-refractivity contribution < 1.29 is 29.6 Å². The number of nitrogens with zero attached hydrogens (tertiary/aromatic N) is 1. The van der Waals surface area contributed by atoms with Crippen molar-refractivity contribution in [3.05, 3.63) is 33.1 Å². The molecule has 1 aromatic heterocycles. The Morgan fingerprint density at radius 1 is 1.38 bits per heavy atom. The Morgan fingerprint density at radius 2 is 2.04 bits per heavy atom. The van der Waals surface area contributed by atoms with Gasteiger partial charge in [-0.1, -0.05) is 0 Å². The topological polar surface area (TPSA) is 159 Å². The van der Waals surface area contributed by atoms with E-state index in [2.05, 4.69) is 0 Å². The first kappa shape index (κ1) is 18.2. The average molecular weight is 342 g/mol. The molecule has 0 aromatic carbocycles. The van der Waals surface area contributed by atoms with Crippen LogP contribution < -0.4 is 11.2 Å². The standard InChI is InChI=1S/C14H18N2O8/c1-7(18)2-3-8(19)14(23)9(6-17)24-12(11(14)21)16-5-4-10(20)15-13(16)22/h4-5,9,11-12,17,21,23H,2-3,6H2,1H3,(H,15,20,22)/t9-,11+,12-,14-/m1/s1. The summed E-state index contributed by atoms with van der Waals surface area (Å²) in [6, 6.07) is 1.00. The minimum absolute atomic E-state index is 0.144. The lowest BCUT2D eigenvalue weighted by Crippen LogP contribution is -2.55. The van der Waals surface area contributed by atoms with Gasteiger partial charge in [-0.15, -0.1) is 0 Å². The Balaban J connectivity index is 2.36. The van der Waals surface area contributed by atoms with Gasteiger partial charge >= 0.3 is 5.69 Å². The van der Waals surface area contributed by atoms with Gasteiger partial charge in [0.25, 0.3) is 5.56 Å². The molecule has 0 aliphatic carbocycles. The third-order valence-electron chi connectivity index (χ3n) is 3.96. The van der Waals surface area contributed by atoms with Crippen LogP contribution in [0.25, 0.3) is 0 Å². The molecule has 0 spiro atoms. The van der Waals surface area contributed by atoms with E-state index in [0.717, 1.165) is 16.8 Å². The van der Waals surface area contributed by atoms with Gasteiger partial charge in [-0.25, -0.2) is 4.79 Å². The number of aliphatic hydroxyl groups is 3. The molecule has 132 valence electrons. The summed E-state index contributed by atoms with van der Waals surface area (Å²) in [5.41, 5.74) is -4.07. The smallest absolute Gasteiger partial charge is 0.330 e. The lowest BCUT2D eigenvalue weighted by atomic mass is 9.85. The summed E-state index contributed by atoms with van der Waals surface area (Å²) >= 11 is 0. The molecular formula is C14H18N2O8. The van der Waals surface area contributed by atoms with Crippen molar-refractivity contribution in [2.45, 2.75) is 43.8 Å². The van der Waals surface area contributed by atoms with Crippen LogP contribution >= 0.6 is 0 Å². The molecule has 1 saturated heterocycles. The summed E-state index contributed by atoms with van der Waals surface area (Å²) in [4.78, 5) is 48.1. The summed E-state index contributed by atoms with van der Waals surface area (Å²) in [5, 5.41) is 30.3. The SMILES string of the molecule is CC(=O)CCC(=O)[C@@]1(O)[C@@H](CO)O[C@@H](n2ccc(=O)[nH]c2=O)[C@@H]1O. The van der Waals surface area contributed by atoms with Crippen molar-refractivity contribution in [2.24, 2.45) is 0 Å². The molecule has 0 radical (unpaired) electrons. The van der Waals surface area contributed by atoms with Gasteiger partial charge in [-0.2, -0.15) is 0 Å². The van der Waals surface area contributed by atoms with Crippen molar-refractivity contribution in [1.82, 2.24) is 9.55 Å². The predicted octanol–water partition coefficient (Wildman–Crippen LogP) is -2.54. The zero-order valence-corrected chi connectivity index (χ0v) is 12.8. The molecule has 24 heavy (non-hydrogen) atoms. The van der Waals surface area contributed by atoms with Crippen molar-refractivity contribution in [1.29, 1.82) is 0 Å². The van der Waals surface area contributed by atoms with Crippen LogP contribution in [-0.2, 0) is 14.3 Å². The predicted molar refractivity (Wildman–Crippen MR) is 78.2 cm³/mol. The zero-order chi connectivity index (χ0) is 18.1. The number of aromatic nitrogens is 2. The molecule has 0 bridgehead atoms. The summed E-state index contributed by atoms with van der Waals surface area (Å²) in [7, 11) is 0. The monoisotopic (exact) mass is 342 g/mol. The van der Waals surface area contributed by atoms with Crippen LogP contribution in [0.4, 0.5) is 0 Å². The van der Waals surface area contributed by atoms with Gasteiger partial charge in [0.05, 0.1) is 6.61 Å². The second-order valence-corrected chi connectivity index (χ2v) is 5.61. The number of aliphatic hydroxyl groups excluding tert-OH is 2. The number of rotatable bonds is 6. The average Bonchev–Trinajstić information content (AvgIpc) is 2.78. The molecule has 0 amide bonds.